The van der Waals surface area contributed by atoms with Crippen LogP contribution >= 0.6 is 0 Å². The highest BCUT2D eigenvalue weighted by molar-refractivity contribution is 5.98. The molecule has 0 unspecified atom stereocenters. The van der Waals surface area contributed by atoms with Crippen molar-refractivity contribution in [2.45, 2.75) is 33.7 Å². The number of benzene rings is 1. The summed E-state index contributed by atoms with van der Waals surface area (Å²) in [6, 6.07) is 4.20. The summed E-state index contributed by atoms with van der Waals surface area (Å²) >= 11 is 0. The molecule has 0 aliphatic rings. The molecule has 0 N–H and O–H groups in total. The number of ketones is 1. The second kappa shape index (κ2) is 5.94. The smallest absolute Gasteiger partial charge is 0.170 e. The number of nitrogens with zero attached hydrogens (tertiary/aromatic N) is 3. The molecule has 20 heavy (non-hydrogen) atoms. The van der Waals surface area contributed by atoms with E-state index in [2.05, 4.69) is 23.9 Å². The number of rotatable bonds is 5. The molecule has 1 heterocycles. The topological polar surface area (TPSA) is 47.8 Å². The molecule has 0 bridgehead atoms. The Kier molecular flexibility index (Phi) is 4.27. The molecule has 0 amide bonds. The molecule has 0 saturated carbocycles. The van der Waals surface area contributed by atoms with Gasteiger partial charge in [-0.1, -0.05) is 13.8 Å². The molecule has 5 heteroatoms. The van der Waals surface area contributed by atoms with E-state index in [4.69, 9.17) is 0 Å². The predicted octanol–water partition coefficient (Wildman–Crippen LogP) is 2.81. The van der Waals surface area contributed by atoms with Crippen molar-refractivity contribution in [2.75, 3.05) is 0 Å². The van der Waals surface area contributed by atoms with Crippen molar-refractivity contribution in [3.05, 3.63) is 47.3 Å². The van der Waals surface area contributed by atoms with E-state index in [-0.39, 0.29) is 18.0 Å². The maximum absolute atomic E-state index is 13.1. The van der Waals surface area contributed by atoms with Crippen LogP contribution in [0.15, 0.2) is 24.5 Å². The lowest BCUT2D eigenvalue weighted by molar-refractivity contribution is 0.0988. The molecule has 0 radical (unpaired) electrons. The van der Waals surface area contributed by atoms with Crippen LogP contribution in [-0.2, 0) is 13.0 Å². The molecule has 0 aliphatic carbocycles. The Balaban J connectivity index is 2.17. The maximum Gasteiger partial charge on any atom is 0.170 e. The Morgan fingerprint density at radius 1 is 1.40 bits per heavy atom. The van der Waals surface area contributed by atoms with Crippen LogP contribution in [0.3, 0.4) is 0 Å². The largest absolute Gasteiger partial charge is 0.294 e. The van der Waals surface area contributed by atoms with Gasteiger partial charge in [0, 0.05) is 12.1 Å². The van der Waals surface area contributed by atoms with E-state index in [1.807, 2.05) is 0 Å². The fourth-order valence-corrected chi connectivity index (χ4v) is 2.10. The van der Waals surface area contributed by atoms with Crippen LogP contribution in [0.2, 0.25) is 0 Å². The van der Waals surface area contributed by atoms with Gasteiger partial charge in [0.25, 0.3) is 0 Å². The van der Waals surface area contributed by atoms with Crippen LogP contribution in [0.4, 0.5) is 4.39 Å². The van der Waals surface area contributed by atoms with Gasteiger partial charge in [-0.3, -0.25) is 4.79 Å². The minimum Gasteiger partial charge on any atom is -0.294 e. The van der Waals surface area contributed by atoms with Gasteiger partial charge in [-0.05, 0) is 36.6 Å². The van der Waals surface area contributed by atoms with Crippen LogP contribution < -0.4 is 0 Å². The molecule has 0 spiro atoms. The van der Waals surface area contributed by atoms with Gasteiger partial charge in [0.05, 0.1) is 6.42 Å². The summed E-state index contributed by atoms with van der Waals surface area (Å²) in [4.78, 5) is 16.4. The predicted molar refractivity (Wildman–Crippen MR) is 74.0 cm³/mol. The zero-order valence-corrected chi connectivity index (χ0v) is 11.9. The van der Waals surface area contributed by atoms with Crippen LogP contribution in [0.1, 0.15) is 35.6 Å². The number of Topliss-reactive ketones (excluding diaryl/α,β-unsaturated/α-hetero) is 1. The molecule has 0 aliphatic heterocycles. The molecular weight excluding hydrogens is 257 g/mol. The minimum atomic E-state index is -0.331. The summed E-state index contributed by atoms with van der Waals surface area (Å²) in [5.41, 5.74) is 1.18. The summed E-state index contributed by atoms with van der Waals surface area (Å²) in [6.07, 6.45) is 1.64. The lowest BCUT2D eigenvalue weighted by Gasteiger charge is -2.09. The van der Waals surface area contributed by atoms with Crippen molar-refractivity contribution in [1.82, 2.24) is 14.8 Å². The van der Waals surface area contributed by atoms with E-state index in [0.29, 0.717) is 22.9 Å². The van der Waals surface area contributed by atoms with Gasteiger partial charge in [-0.2, -0.15) is 5.10 Å². The van der Waals surface area contributed by atoms with E-state index in [9.17, 15) is 9.18 Å². The van der Waals surface area contributed by atoms with Crippen molar-refractivity contribution >= 4 is 5.78 Å². The zero-order valence-electron chi connectivity index (χ0n) is 11.9. The third kappa shape index (κ3) is 3.29. The van der Waals surface area contributed by atoms with E-state index in [0.717, 1.165) is 6.54 Å². The summed E-state index contributed by atoms with van der Waals surface area (Å²) in [5.74, 6) is 0.674. The molecule has 2 rings (SSSR count). The van der Waals surface area contributed by atoms with E-state index >= 15 is 0 Å². The van der Waals surface area contributed by atoms with Gasteiger partial charge in [0.15, 0.2) is 5.78 Å². The molecule has 0 fully saturated rings. The highest BCUT2D eigenvalue weighted by atomic mass is 19.1. The minimum absolute atomic E-state index is 0.0690. The molecule has 1 aromatic carbocycles. The van der Waals surface area contributed by atoms with Crippen molar-refractivity contribution in [3.63, 3.8) is 0 Å². The molecular formula is C15H18FN3O. The maximum atomic E-state index is 13.1. The number of carbonyl (C=O) groups excluding carboxylic acids is 1. The summed E-state index contributed by atoms with van der Waals surface area (Å²) in [7, 11) is 0. The average Bonchev–Trinajstić information content (AvgIpc) is 2.75. The fourth-order valence-electron chi connectivity index (χ4n) is 2.10. The fraction of sp³-hybridized carbons (Fsp3) is 0.400. The first-order valence-corrected chi connectivity index (χ1v) is 6.63. The SMILES string of the molecule is Cc1cc(F)ccc1C(=O)Cc1ncnn1CC(C)C. The van der Waals surface area contributed by atoms with Crippen LogP contribution in [0, 0.1) is 18.7 Å². The van der Waals surface area contributed by atoms with Crippen LogP contribution in [0.25, 0.3) is 0 Å². The standard InChI is InChI=1S/C15H18FN3O/c1-10(2)8-19-15(17-9-18-19)7-14(20)13-5-4-12(16)6-11(13)3/h4-6,9-10H,7-8H2,1-3H3. The summed E-state index contributed by atoms with van der Waals surface area (Å²) in [6.45, 7) is 6.62. The van der Waals surface area contributed by atoms with Crippen molar-refractivity contribution in [1.29, 1.82) is 0 Å². The molecule has 2 aromatic rings. The molecule has 1 aromatic heterocycles. The second-order valence-corrected chi connectivity index (χ2v) is 5.31. The van der Waals surface area contributed by atoms with Crippen LogP contribution in [0.5, 0.6) is 0 Å². The molecule has 0 saturated heterocycles. The van der Waals surface area contributed by atoms with Crippen LogP contribution in [-0.4, -0.2) is 20.5 Å². The third-order valence-corrected chi connectivity index (χ3v) is 3.04. The van der Waals surface area contributed by atoms with Crippen molar-refractivity contribution < 1.29 is 9.18 Å². The van der Waals surface area contributed by atoms with E-state index in [1.54, 1.807) is 11.6 Å². The van der Waals surface area contributed by atoms with Crippen molar-refractivity contribution in [2.24, 2.45) is 5.92 Å². The Hall–Kier alpha value is -2.04. The monoisotopic (exact) mass is 275 g/mol. The Morgan fingerprint density at radius 3 is 2.80 bits per heavy atom. The first-order chi connectivity index (χ1) is 9.47. The third-order valence-electron chi connectivity index (χ3n) is 3.04. The first kappa shape index (κ1) is 14.4. The number of aryl methyl sites for hydroxylation is 1. The highest BCUT2D eigenvalue weighted by Crippen LogP contribution is 2.13. The van der Waals surface area contributed by atoms with Gasteiger partial charge in [-0.25, -0.2) is 14.1 Å². The van der Waals surface area contributed by atoms with Gasteiger partial charge in [0.1, 0.15) is 18.0 Å². The number of carbonyl (C=O) groups is 1. The van der Waals surface area contributed by atoms with E-state index in [1.165, 1.54) is 24.5 Å². The lowest BCUT2D eigenvalue weighted by atomic mass is 10.0. The summed E-state index contributed by atoms with van der Waals surface area (Å²) < 4.78 is 14.8. The number of halogens is 1. The van der Waals surface area contributed by atoms with Gasteiger partial charge in [0.2, 0.25) is 0 Å². The average molecular weight is 275 g/mol. The number of hydrogen-bond donors (Lipinski definition) is 0. The van der Waals surface area contributed by atoms with Crippen molar-refractivity contribution in [3.8, 4) is 0 Å². The van der Waals surface area contributed by atoms with Gasteiger partial charge < -0.3 is 0 Å². The highest BCUT2D eigenvalue weighted by Gasteiger charge is 2.15. The summed E-state index contributed by atoms with van der Waals surface area (Å²) in [5, 5.41) is 4.13. The lowest BCUT2D eigenvalue weighted by Crippen LogP contribution is -2.15. The molecule has 4 nitrogen and oxygen atoms in total. The Morgan fingerprint density at radius 2 is 2.15 bits per heavy atom. The Labute approximate surface area is 117 Å². The Bertz CT molecular complexity index is 619. The molecule has 0 atom stereocenters. The quantitative estimate of drug-likeness (QED) is 0.788. The first-order valence-electron chi connectivity index (χ1n) is 6.63. The zero-order chi connectivity index (χ0) is 14.7. The van der Waals surface area contributed by atoms with Gasteiger partial charge >= 0.3 is 0 Å². The normalized spacial score (nSPS) is 11.1. The van der Waals surface area contributed by atoms with E-state index < -0.39 is 0 Å². The van der Waals surface area contributed by atoms with Gasteiger partial charge in [-0.15, -0.1) is 0 Å². The number of hydrogen-bond acceptors (Lipinski definition) is 3. The number of aromatic nitrogens is 3. The molecule has 106 valence electrons. The second-order valence-electron chi connectivity index (χ2n) is 5.31.